The van der Waals surface area contributed by atoms with Crippen LogP contribution in [0.15, 0.2) is 54.9 Å². The largest absolute Gasteiger partial charge is 0.492 e. The molecule has 0 saturated carbocycles. The van der Waals surface area contributed by atoms with Crippen molar-refractivity contribution in [2.75, 3.05) is 37.9 Å². The highest BCUT2D eigenvalue weighted by molar-refractivity contribution is 6.32. The summed E-state index contributed by atoms with van der Waals surface area (Å²) >= 11 is 6.53. The van der Waals surface area contributed by atoms with E-state index in [1.54, 1.807) is 48.7 Å². The number of nitrogens with zero attached hydrogens (tertiary/aromatic N) is 5. The molecule has 0 fully saturated rings. The lowest BCUT2D eigenvalue weighted by molar-refractivity contribution is -0.116. The fraction of sp³-hybridized carbons (Fsp3) is 0.258. The molecule has 0 unspecified atom stereocenters. The quantitative estimate of drug-likeness (QED) is 0.205. The molecule has 0 aliphatic heterocycles. The maximum Gasteiger partial charge on any atom is 0.224 e. The third-order valence-electron chi connectivity index (χ3n) is 6.20. The number of rotatable bonds is 12. The Kier molecular flexibility index (Phi) is 10.1. The number of anilines is 3. The van der Waals surface area contributed by atoms with Gasteiger partial charge < -0.3 is 25.0 Å². The van der Waals surface area contributed by atoms with Crippen molar-refractivity contribution in [2.24, 2.45) is 0 Å². The predicted octanol–water partition coefficient (Wildman–Crippen LogP) is 6.03. The molecule has 2 aromatic carbocycles. The van der Waals surface area contributed by atoms with Gasteiger partial charge in [-0.3, -0.25) is 14.8 Å². The van der Waals surface area contributed by atoms with E-state index in [4.69, 9.17) is 26.3 Å². The lowest BCUT2D eigenvalue weighted by atomic mass is 10.1. The zero-order valence-electron chi connectivity index (χ0n) is 23.6. The Morgan fingerprint density at radius 1 is 1.05 bits per heavy atom. The van der Waals surface area contributed by atoms with Gasteiger partial charge in [0.2, 0.25) is 5.91 Å². The molecule has 0 aliphatic carbocycles. The van der Waals surface area contributed by atoms with Crippen LogP contribution >= 0.6 is 11.6 Å². The molecule has 1 amide bonds. The second kappa shape index (κ2) is 14.1. The van der Waals surface area contributed by atoms with Crippen molar-refractivity contribution < 1.29 is 14.3 Å². The summed E-state index contributed by atoms with van der Waals surface area (Å²) in [5.41, 5.74) is 3.61. The number of hydrogen-bond acceptors (Lipinski definition) is 9. The Morgan fingerprint density at radius 2 is 1.88 bits per heavy atom. The van der Waals surface area contributed by atoms with Crippen LogP contribution in [0.5, 0.6) is 11.5 Å². The number of carbonyl (C=O) groups is 1. The summed E-state index contributed by atoms with van der Waals surface area (Å²) in [6.07, 6.45) is 4.11. The topological polar surface area (TPSA) is 136 Å². The molecular formula is C31H30ClN7O3. The number of fused-ring (bicyclic) bond motifs is 1. The minimum atomic E-state index is -0.131. The van der Waals surface area contributed by atoms with Crippen molar-refractivity contribution in [2.45, 2.75) is 26.4 Å². The number of pyridine rings is 2. The maximum atomic E-state index is 12.7. The van der Waals surface area contributed by atoms with Crippen molar-refractivity contribution in [3.63, 3.8) is 0 Å². The monoisotopic (exact) mass is 583 g/mol. The first-order valence-corrected chi connectivity index (χ1v) is 13.7. The van der Waals surface area contributed by atoms with Crippen LogP contribution in [0.2, 0.25) is 5.02 Å². The van der Waals surface area contributed by atoms with Crippen LogP contribution in [-0.2, 0) is 11.4 Å². The molecule has 4 rings (SSSR count). The average molecular weight is 584 g/mol. The summed E-state index contributed by atoms with van der Waals surface area (Å²) in [6.45, 7) is 3.21. The molecule has 10 nitrogen and oxygen atoms in total. The Hall–Kier alpha value is -4.90. The first-order valence-electron chi connectivity index (χ1n) is 13.3. The van der Waals surface area contributed by atoms with E-state index in [1.165, 1.54) is 6.20 Å². The average Bonchev–Trinajstić information content (AvgIpc) is 2.97. The molecule has 0 atom stereocenters. The molecule has 2 N–H and O–H groups in total. The molecule has 0 bridgehead atoms. The van der Waals surface area contributed by atoms with Gasteiger partial charge in [-0.15, -0.1) is 0 Å². The fourth-order valence-electron chi connectivity index (χ4n) is 4.20. The van der Waals surface area contributed by atoms with Crippen molar-refractivity contribution >= 4 is 45.5 Å². The molecule has 0 spiro atoms. The lowest BCUT2D eigenvalue weighted by Gasteiger charge is -2.17. The van der Waals surface area contributed by atoms with Crippen LogP contribution in [0, 0.1) is 22.7 Å². The van der Waals surface area contributed by atoms with Gasteiger partial charge in [0, 0.05) is 36.0 Å². The number of nitrogens with one attached hydrogen (secondary N) is 2. The number of benzene rings is 2. The Bertz CT molecular complexity index is 1680. The van der Waals surface area contributed by atoms with Crippen molar-refractivity contribution in [3.8, 4) is 23.6 Å². The molecular weight excluding hydrogens is 554 g/mol. The molecule has 0 aliphatic rings. The Morgan fingerprint density at radius 3 is 2.60 bits per heavy atom. The van der Waals surface area contributed by atoms with E-state index in [2.05, 4.69) is 32.7 Å². The van der Waals surface area contributed by atoms with Crippen LogP contribution in [0.4, 0.5) is 17.1 Å². The van der Waals surface area contributed by atoms with Gasteiger partial charge in [-0.1, -0.05) is 11.6 Å². The predicted molar refractivity (Wildman–Crippen MR) is 162 cm³/mol. The molecule has 2 aromatic heterocycles. The number of halogens is 1. The van der Waals surface area contributed by atoms with Crippen molar-refractivity contribution in [1.29, 1.82) is 10.5 Å². The van der Waals surface area contributed by atoms with E-state index in [-0.39, 0.29) is 12.5 Å². The molecule has 0 radical (unpaired) electrons. The van der Waals surface area contributed by atoms with Crippen LogP contribution in [0.3, 0.4) is 0 Å². The smallest absolute Gasteiger partial charge is 0.224 e. The summed E-state index contributed by atoms with van der Waals surface area (Å²) in [5, 5.41) is 26.2. The van der Waals surface area contributed by atoms with Crippen molar-refractivity contribution in [3.05, 3.63) is 76.7 Å². The molecule has 0 saturated heterocycles. The Balaban J connectivity index is 1.61. The zero-order chi connectivity index (χ0) is 30.1. The van der Waals surface area contributed by atoms with E-state index in [1.807, 2.05) is 25.9 Å². The SMILES string of the molecule is CCOc1cc2ncc(C#N)c(Nc3ccc(OCc4cc(C#N)ccn4)c(Cl)c3)c2cc1NC(=O)CCCN(C)C. The molecule has 11 heteroatoms. The minimum Gasteiger partial charge on any atom is -0.492 e. The van der Waals surface area contributed by atoms with Gasteiger partial charge >= 0.3 is 0 Å². The van der Waals surface area contributed by atoms with Gasteiger partial charge in [0.25, 0.3) is 0 Å². The number of amides is 1. The molecule has 214 valence electrons. The van der Waals surface area contributed by atoms with Crippen molar-refractivity contribution in [1.82, 2.24) is 14.9 Å². The second-order valence-corrected chi connectivity index (χ2v) is 10.0. The first kappa shape index (κ1) is 30.1. The zero-order valence-corrected chi connectivity index (χ0v) is 24.3. The van der Waals surface area contributed by atoms with E-state index in [0.29, 0.717) is 80.8 Å². The third kappa shape index (κ3) is 7.64. The summed E-state index contributed by atoms with van der Waals surface area (Å²) in [7, 11) is 3.93. The highest BCUT2D eigenvalue weighted by atomic mass is 35.5. The van der Waals surface area contributed by atoms with Gasteiger partial charge in [0.15, 0.2) is 0 Å². The van der Waals surface area contributed by atoms with Crippen LogP contribution in [0.25, 0.3) is 10.9 Å². The van der Waals surface area contributed by atoms with Crippen LogP contribution in [0.1, 0.15) is 36.6 Å². The minimum absolute atomic E-state index is 0.131. The number of carbonyl (C=O) groups excluding carboxylic acids is 1. The van der Waals surface area contributed by atoms with Gasteiger partial charge in [0.05, 0.1) is 51.4 Å². The molecule has 4 aromatic rings. The highest BCUT2D eigenvalue weighted by Crippen LogP contribution is 2.37. The summed E-state index contributed by atoms with van der Waals surface area (Å²) in [5.74, 6) is 0.800. The molecule has 42 heavy (non-hydrogen) atoms. The number of ether oxygens (including phenoxy) is 2. The van der Waals surface area contributed by atoms with E-state index >= 15 is 0 Å². The Labute approximate surface area is 249 Å². The van der Waals surface area contributed by atoms with Gasteiger partial charge in [-0.2, -0.15) is 10.5 Å². The number of aromatic nitrogens is 2. The highest BCUT2D eigenvalue weighted by Gasteiger charge is 2.16. The summed E-state index contributed by atoms with van der Waals surface area (Å²) in [6, 6.07) is 16.2. The van der Waals surface area contributed by atoms with E-state index in [0.717, 1.165) is 6.54 Å². The van der Waals surface area contributed by atoms with Gasteiger partial charge in [0.1, 0.15) is 24.2 Å². The van der Waals surface area contributed by atoms with Gasteiger partial charge in [-0.05, 0) is 70.4 Å². The summed E-state index contributed by atoms with van der Waals surface area (Å²) in [4.78, 5) is 23.4. The maximum absolute atomic E-state index is 12.7. The van der Waals surface area contributed by atoms with Crippen LogP contribution < -0.4 is 20.1 Å². The number of hydrogen-bond donors (Lipinski definition) is 2. The van der Waals surface area contributed by atoms with E-state index in [9.17, 15) is 10.1 Å². The third-order valence-corrected chi connectivity index (χ3v) is 6.49. The second-order valence-electron chi connectivity index (χ2n) is 9.62. The lowest BCUT2D eigenvalue weighted by Crippen LogP contribution is -2.17. The van der Waals surface area contributed by atoms with Gasteiger partial charge in [-0.25, -0.2) is 0 Å². The van der Waals surface area contributed by atoms with Crippen LogP contribution in [-0.4, -0.2) is 48.0 Å². The normalized spacial score (nSPS) is 10.6. The fourth-order valence-corrected chi connectivity index (χ4v) is 4.43. The summed E-state index contributed by atoms with van der Waals surface area (Å²) < 4.78 is 11.6. The number of nitriles is 2. The first-order chi connectivity index (χ1) is 20.3. The van der Waals surface area contributed by atoms with E-state index < -0.39 is 0 Å². The molecule has 2 heterocycles. The standard InChI is InChI=1S/C31H30ClN7O3/c1-4-41-29-15-26-24(14-27(29)38-30(40)6-5-11-39(2)3)31(21(17-34)18-36-26)37-22-7-8-28(25(32)13-22)42-19-23-12-20(16-33)9-10-35-23/h7-10,12-15,18H,4-6,11,19H2,1-3H3,(H,36,37)(H,38,40).